The normalized spacial score (nSPS) is 10.5. The van der Waals surface area contributed by atoms with E-state index < -0.39 is 5.97 Å². The van der Waals surface area contributed by atoms with Crippen molar-refractivity contribution < 1.29 is 14.3 Å². The van der Waals surface area contributed by atoms with Gasteiger partial charge in [0.25, 0.3) is 0 Å². The van der Waals surface area contributed by atoms with Gasteiger partial charge in [0, 0.05) is 8.04 Å². The number of ether oxygens (including phenoxy) is 2. The molecule has 0 saturated heterocycles. The van der Waals surface area contributed by atoms with Gasteiger partial charge in [-0.15, -0.1) is 0 Å². The number of halogens is 2. The SMILES string of the molecule is CC(C)Oc1ccc(Br)cc1C(=O)Oc1ccc(I)cc1. The Morgan fingerprint density at radius 3 is 2.43 bits per heavy atom. The van der Waals surface area contributed by atoms with Crippen LogP contribution in [0.2, 0.25) is 0 Å². The minimum atomic E-state index is -0.437. The summed E-state index contributed by atoms with van der Waals surface area (Å²) in [5.41, 5.74) is 0.400. The van der Waals surface area contributed by atoms with E-state index in [0.717, 1.165) is 8.04 Å². The maximum Gasteiger partial charge on any atom is 0.347 e. The quantitative estimate of drug-likeness (QED) is 0.363. The number of rotatable bonds is 4. The van der Waals surface area contributed by atoms with E-state index in [1.807, 2.05) is 32.0 Å². The molecule has 0 spiro atoms. The van der Waals surface area contributed by atoms with E-state index in [0.29, 0.717) is 17.1 Å². The Hall–Kier alpha value is -1.08. The summed E-state index contributed by atoms with van der Waals surface area (Å²) in [5.74, 6) is 0.591. The molecule has 0 saturated carbocycles. The molecule has 0 aliphatic rings. The lowest BCUT2D eigenvalue weighted by Crippen LogP contribution is -2.14. The van der Waals surface area contributed by atoms with Crippen molar-refractivity contribution in [2.45, 2.75) is 20.0 Å². The van der Waals surface area contributed by atoms with Crippen molar-refractivity contribution >= 4 is 44.5 Å². The summed E-state index contributed by atoms with van der Waals surface area (Å²) in [7, 11) is 0. The molecule has 5 heteroatoms. The molecule has 110 valence electrons. The fourth-order valence-electron chi connectivity index (χ4n) is 1.68. The van der Waals surface area contributed by atoms with Crippen LogP contribution in [0.1, 0.15) is 24.2 Å². The van der Waals surface area contributed by atoms with Crippen LogP contribution in [0.3, 0.4) is 0 Å². The molecule has 2 aromatic rings. The largest absolute Gasteiger partial charge is 0.490 e. The van der Waals surface area contributed by atoms with Gasteiger partial charge in [-0.2, -0.15) is 0 Å². The predicted molar refractivity (Wildman–Crippen MR) is 94.0 cm³/mol. The summed E-state index contributed by atoms with van der Waals surface area (Å²) in [5, 5.41) is 0. The van der Waals surface area contributed by atoms with E-state index >= 15 is 0 Å². The highest BCUT2D eigenvalue weighted by Gasteiger charge is 2.16. The van der Waals surface area contributed by atoms with Gasteiger partial charge < -0.3 is 9.47 Å². The molecule has 0 bridgehead atoms. The Morgan fingerprint density at radius 2 is 1.81 bits per heavy atom. The highest BCUT2D eigenvalue weighted by molar-refractivity contribution is 14.1. The highest BCUT2D eigenvalue weighted by atomic mass is 127. The van der Waals surface area contributed by atoms with Gasteiger partial charge >= 0.3 is 5.97 Å². The first kappa shape index (κ1) is 16.3. The summed E-state index contributed by atoms with van der Waals surface area (Å²) < 4.78 is 12.9. The third kappa shape index (κ3) is 4.71. The van der Waals surface area contributed by atoms with Crippen LogP contribution in [0.15, 0.2) is 46.9 Å². The van der Waals surface area contributed by atoms with E-state index in [2.05, 4.69) is 38.5 Å². The minimum Gasteiger partial charge on any atom is -0.490 e. The molecule has 2 rings (SSSR count). The third-order valence-corrected chi connectivity index (χ3v) is 3.76. The van der Waals surface area contributed by atoms with Gasteiger partial charge in [0.15, 0.2) is 0 Å². The number of benzene rings is 2. The average Bonchev–Trinajstić information content (AvgIpc) is 2.43. The zero-order valence-corrected chi connectivity index (χ0v) is 15.3. The molecule has 0 fully saturated rings. The van der Waals surface area contributed by atoms with Crippen LogP contribution in [-0.4, -0.2) is 12.1 Å². The maximum atomic E-state index is 12.3. The lowest BCUT2D eigenvalue weighted by molar-refractivity contribution is 0.0728. The monoisotopic (exact) mass is 460 g/mol. The molecule has 0 N–H and O–H groups in total. The van der Waals surface area contributed by atoms with Crippen molar-refractivity contribution in [3.63, 3.8) is 0 Å². The summed E-state index contributed by atoms with van der Waals surface area (Å²) >= 11 is 5.56. The van der Waals surface area contributed by atoms with Gasteiger partial charge in [-0.3, -0.25) is 0 Å². The Kier molecular flexibility index (Phi) is 5.64. The van der Waals surface area contributed by atoms with E-state index in [9.17, 15) is 4.79 Å². The molecule has 2 aromatic carbocycles. The Labute approximate surface area is 145 Å². The molecule has 3 nitrogen and oxygen atoms in total. The molecule has 0 atom stereocenters. The number of hydrogen-bond donors (Lipinski definition) is 0. The summed E-state index contributed by atoms with van der Waals surface area (Å²) in [6, 6.07) is 12.6. The molecular formula is C16H14BrIO3. The van der Waals surface area contributed by atoms with Gasteiger partial charge in [-0.25, -0.2) is 4.79 Å². The topological polar surface area (TPSA) is 35.5 Å². The summed E-state index contributed by atoms with van der Waals surface area (Å²) in [4.78, 5) is 12.3. The second-order valence-corrected chi connectivity index (χ2v) is 6.81. The van der Waals surface area contributed by atoms with E-state index in [1.165, 1.54) is 0 Å². The van der Waals surface area contributed by atoms with Crippen LogP contribution in [0, 0.1) is 3.57 Å². The molecule has 0 aromatic heterocycles. The summed E-state index contributed by atoms with van der Waals surface area (Å²) in [6.45, 7) is 3.83. The van der Waals surface area contributed by atoms with Crippen LogP contribution in [0.25, 0.3) is 0 Å². The lowest BCUT2D eigenvalue weighted by atomic mass is 10.2. The predicted octanol–water partition coefficient (Wildman–Crippen LogP) is 5.06. The van der Waals surface area contributed by atoms with Crippen molar-refractivity contribution in [3.05, 3.63) is 56.1 Å². The average molecular weight is 461 g/mol. The molecule has 0 amide bonds. The first-order valence-electron chi connectivity index (χ1n) is 6.39. The Balaban J connectivity index is 2.25. The molecule has 0 heterocycles. The van der Waals surface area contributed by atoms with Gasteiger partial charge in [-0.1, -0.05) is 15.9 Å². The maximum absolute atomic E-state index is 12.3. The molecule has 0 aliphatic carbocycles. The van der Waals surface area contributed by atoms with Crippen molar-refractivity contribution in [2.24, 2.45) is 0 Å². The lowest BCUT2D eigenvalue weighted by Gasteiger charge is -2.14. The standard InChI is InChI=1S/C16H14BrIO3/c1-10(2)20-15-8-3-11(17)9-14(15)16(19)21-13-6-4-12(18)5-7-13/h3-10H,1-2H3. The highest BCUT2D eigenvalue weighted by Crippen LogP contribution is 2.26. The first-order valence-corrected chi connectivity index (χ1v) is 8.27. The van der Waals surface area contributed by atoms with Crippen molar-refractivity contribution in [2.75, 3.05) is 0 Å². The van der Waals surface area contributed by atoms with Gasteiger partial charge in [0.05, 0.1) is 6.10 Å². The second-order valence-electron chi connectivity index (χ2n) is 4.65. The zero-order chi connectivity index (χ0) is 15.4. The zero-order valence-electron chi connectivity index (χ0n) is 11.6. The van der Waals surface area contributed by atoms with Gasteiger partial charge in [0.2, 0.25) is 0 Å². The summed E-state index contributed by atoms with van der Waals surface area (Å²) in [6.07, 6.45) is -0.0176. The Bertz CT molecular complexity index is 638. The third-order valence-electron chi connectivity index (χ3n) is 2.55. The van der Waals surface area contributed by atoms with Crippen LogP contribution < -0.4 is 9.47 Å². The molecule has 21 heavy (non-hydrogen) atoms. The van der Waals surface area contributed by atoms with E-state index in [4.69, 9.17) is 9.47 Å². The van der Waals surface area contributed by atoms with Crippen LogP contribution in [-0.2, 0) is 0 Å². The number of carbonyl (C=O) groups is 1. The molecular weight excluding hydrogens is 447 g/mol. The fourth-order valence-corrected chi connectivity index (χ4v) is 2.40. The van der Waals surface area contributed by atoms with Gasteiger partial charge in [0.1, 0.15) is 17.1 Å². The first-order chi connectivity index (χ1) is 9.95. The van der Waals surface area contributed by atoms with Gasteiger partial charge in [-0.05, 0) is 78.9 Å². The second kappa shape index (κ2) is 7.26. The van der Waals surface area contributed by atoms with Crippen molar-refractivity contribution in [1.82, 2.24) is 0 Å². The fraction of sp³-hybridized carbons (Fsp3) is 0.188. The van der Waals surface area contributed by atoms with Crippen molar-refractivity contribution in [3.8, 4) is 11.5 Å². The van der Waals surface area contributed by atoms with Crippen LogP contribution in [0.5, 0.6) is 11.5 Å². The number of esters is 1. The Morgan fingerprint density at radius 1 is 1.14 bits per heavy atom. The smallest absolute Gasteiger partial charge is 0.347 e. The van der Waals surface area contributed by atoms with Crippen LogP contribution >= 0.6 is 38.5 Å². The number of carbonyl (C=O) groups excluding carboxylic acids is 1. The molecule has 0 aliphatic heterocycles. The molecule has 0 radical (unpaired) electrons. The molecule has 0 unspecified atom stereocenters. The van der Waals surface area contributed by atoms with Crippen LogP contribution in [0.4, 0.5) is 0 Å². The van der Waals surface area contributed by atoms with E-state index in [-0.39, 0.29) is 6.10 Å². The van der Waals surface area contributed by atoms with Crippen molar-refractivity contribution in [1.29, 1.82) is 0 Å². The van der Waals surface area contributed by atoms with E-state index in [1.54, 1.807) is 24.3 Å². The minimum absolute atomic E-state index is 0.0176. The number of hydrogen-bond acceptors (Lipinski definition) is 3.